The van der Waals surface area contributed by atoms with Crippen LogP contribution >= 0.6 is 0 Å². The molecule has 0 heterocycles. The van der Waals surface area contributed by atoms with Crippen molar-refractivity contribution in [3.8, 4) is 0 Å². The van der Waals surface area contributed by atoms with Crippen LogP contribution in [0.15, 0.2) is 0 Å². The highest BCUT2D eigenvalue weighted by Gasteiger charge is 2.29. The number of nitrogens with zero attached hydrogens (tertiary/aromatic N) is 1. The second-order valence-corrected chi connectivity index (χ2v) is 4.61. The molecule has 1 aliphatic rings. The van der Waals surface area contributed by atoms with E-state index in [4.69, 9.17) is 9.47 Å². The molecule has 1 fully saturated rings. The van der Waals surface area contributed by atoms with E-state index in [9.17, 15) is 4.79 Å². The van der Waals surface area contributed by atoms with E-state index in [0.717, 1.165) is 19.7 Å². The van der Waals surface area contributed by atoms with Crippen LogP contribution in [0.25, 0.3) is 0 Å². The van der Waals surface area contributed by atoms with Crippen LogP contribution in [0, 0.1) is 0 Å². The largest absolute Gasteiger partial charge is 0.468 e. The zero-order valence-corrected chi connectivity index (χ0v) is 11.8. The zero-order valence-electron chi connectivity index (χ0n) is 11.8. The molecule has 1 aliphatic carbocycles. The Kier molecular flexibility index (Phi) is 7.23. The molecule has 106 valence electrons. The van der Waals surface area contributed by atoms with Crippen molar-refractivity contribution in [1.82, 2.24) is 10.2 Å². The van der Waals surface area contributed by atoms with E-state index < -0.39 is 0 Å². The number of likely N-dealkylation sites (N-methyl/N-ethyl adjacent to an activating group) is 1. The number of hydrogen-bond acceptors (Lipinski definition) is 5. The highest BCUT2D eigenvalue weighted by atomic mass is 16.5. The molecule has 5 nitrogen and oxygen atoms in total. The molecule has 18 heavy (non-hydrogen) atoms. The summed E-state index contributed by atoms with van der Waals surface area (Å²) in [6, 6.07) is 0.281. The van der Waals surface area contributed by atoms with E-state index >= 15 is 0 Å². The quantitative estimate of drug-likeness (QED) is 0.460. The first kappa shape index (κ1) is 15.4. The van der Waals surface area contributed by atoms with Gasteiger partial charge in [0.1, 0.15) is 6.04 Å². The summed E-state index contributed by atoms with van der Waals surface area (Å²) in [6.07, 6.45) is 2.33. The third-order valence-corrected chi connectivity index (χ3v) is 3.14. The van der Waals surface area contributed by atoms with Crippen molar-refractivity contribution in [2.45, 2.75) is 38.8 Å². The normalized spacial score (nSPS) is 16.9. The first-order chi connectivity index (χ1) is 8.71. The predicted octanol–water partition coefficient (Wildman–Crippen LogP) is 0.638. The lowest BCUT2D eigenvalue weighted by atomic mass is 10.2. The number of carbonyl (C=O) groups excluding carboxylic acids is 1. The Labute approximate surface area is 110 Å². The molecule has 1 saturated carbocycles. The number of methoxy groups -OCH3 is 1. The van der Waals surface area contributed by atoms with E-state index in [2.05, 4.69) is 17.1 Å². The molecule has 0 saturated heterocycles. The first-order valence-corrected chi connectivity index (χ1v) is 6.85. The minimum Gasteiger partial charge on any atom is -0.468 e. The van der Waals surface area contributed by atoms with Crippen molar-refractivity contribution in [1.29, 1.82) is 0 Å². The summed E-state index contributed by atoms with van der Waals surface area (Å²) in [4.78, 5) is 13.9. The summed E-state index contributed by atoms with van der Waals surface area (Å²) in [6.45, 7) is 7.98. The summed E-state index contributed by atoms with van der Waals surface area (Å²) in [7, 11) is 1.44. The highest BCUT2D eigenvalue weighted by molar-refractivity contribution is 5.76. The van der Waals surface area contributed by atoms with E-state index in [-0.39, 0.29) is 12.0 Å². The molecular formula is C13H26N2O3. The van der Waals surface area contributed by atoms with Gasteiger partial charge in [-0.3, -0.25) is 9.69 Å². The van der Waals surface area contributed by atoms with Crippen LogP contribution in [0.2, 0.25) is 0 Å². The summed E-state index contributed by atoms with van der Waals surface area (Å²) in [5.74, 6) is -0.170. The van der Waals surface area contributed by atoms with Crippen molar-refractivity contribution in [2.24, 2.45) is 0 Å². The molecule has 1 unspecified atom stereocenters. The van der Waals surface area contributed by atoms with Crippen LogP contribution in [-0.2, 0) is 14.3 Å². The van der Waals surface area contributed by atoms with Gasteiger partial charge in [-0.15, -0.1) is 0 Å². The number of ether oxygens (including phenoxy) is 2. The van der Waals surface area contributed by atoms with Crippen molar-refractivity contribution in [2.75, 3.05) is 40.0 Å². The van der Waals surface area contributed by atoms with E-state index in [1.54, 1.807) is 0 Å². The van der Waals surface area contributed by atoms with Crippen molar-refractivity contribution in [3.63, 3.8) is 0 Å². The van der Waals surface area contributed by atoms with Gasteiger partial charge in [-0.1, -0.05) is 6.92 Å². The number of nitrogens with one attached hydrogen (secondary N) is 1. The predicted molar refractivity (Wildman–Crippen MR) is 70.6 cm³/mol. The molecule has 0 aromatic heterocycles. The molecule has 1 atom stereocenters. The summed E-state index contributed by atoms with van der Waals surface area (Å²) < 4.78 is 10.2. The van der Waals surface area contributed by atoms with Gasteiger partial charge < -0.3 is 14.8 Å². The minimum absolute atomic E-state index is 0.170. The maximum atomic E-state index is 11.7. The van der Waals surface area contributed by atoms with Gasteiger partial charge >= 0.3 is 5.97 Å². The highest BCUT2D eigenvalue weighted by Crippen LogP contribution is 2.19. The number of hydrogen-bond donors (Lipinski definition) is 1. The SMILES string of the molecule is CCOCCN(CC)CC(NC1CC1)C(=O)OC. The van der Waals surface area contributed by atoms with Gasteiger partial charge in [0.15, 0.2) is 0 Å². The molecule has 0 spiro atoms. The molecular weight excluding hydrogens is 232 g/mol. The van der Waals surface area contributed by atoms with Crippen LogP contribution in [0.5, 0.6) is 0 Å². The maximum absolute atomic E-state index is 11.7. The molecule has 0 aliphatic heterocycles. The van der Waals surface area contributed by atoms with Gasteiger partial charge in [-0.2, -0.15) is 0 Å². The van der Waals surface area contributed by atoms with Crippen LogP contribution in [-0.4, -0.2) is 62.9 Å². The van der Waals surface area contributed by atoms with Gasteiger partial charge in [0.25, 0.3) is 0 Å². The Morgan fingerprint density at radius 2 is 2.17 bits per heavy atom. The molecule has 0 radical (unpaired) electrons. The standard InChI is InChI=1S/C13H26N2O3/c1-4-15(8-9-18-5-2)10-12(13(16)17-3)14-11-6-7-11/h11-12,14H,4-10H2,1-3H3. The van der Waals surface area contributed by atoms with E-state index in [1.165, 1.54) is 20.0 Å². The fraction of sp³-hybridized carbons (Fsp3) is 0.923. The van der Waals surface area contributed by atoms with Crippen LogP contribution in [0.4, 0.5) is 0 Å². The number of carbonyl (C=O) groups is 1. The molecule has 1 rings (SSSR count). The maximum Gasteiger partial charge on any atom is 0.324 e. The Bertz CT molecular complexity index is 244. The zero-order chi connectivity index (χ0) is 13.4. The molecule has 1 N–H and O–H groups in total. The lowest BCUT2D eigenvalue weighted by molar-refractivity contribution is -0.143. The molecule has 0 amide bonds. The van der Waals surface area contributed by atoms with Crippen molar-refractivity contribution in [3.05, 3.63) is 0 Å². The van der Waals surface area contributed by atoms with E-state index in [0.29, 0.717) is 19.2 Å². The Morgan fingerprint density at radius 1 is 1.44 bits per heavy atom. The van der Waals surface area contributed by atoms with Gasteiger partial charge in [0.2, 0.25) is 0 Å². The summed E-state index contributed by atoms with van der Waals surface area (Å²) >= 11 is 0. The van der Waals surface area contributed by atoms with Crippen LogP contribution < -0.4 is 5.32 Å². The summed E-state index contributed by atoms with van der Waals surface area (Å²) in [5.41, 5.74) is 0. The van der Waals surface area contributed by atoms with Gasteiger partial charge in [-0.25, -0.2) is 0 Å². The third-order valence-electron chi connectivity index (χ3n) is 3.14. The lowest BCUT2D eigenvalue weighted by Crippen LogP contribution is -2.48. The molecule has 0 bridgehead atoms. The fourth-order valence-corrected chi connectivity index (χ4v) is 1.85. The van der Waals surface area contributed by atoms with Gasteiger partial charge in [-0.05, 0) is 26.3 Å². The molecule has 0 aromatic carbocycles. The molecule has 0 aromatic rings. The van der Waals surface area contributed by atoms with Crippen molar-refractivity contribution >= 4 is 5.97 Å². The third kappa shape index (κ3) is 5.80. The van der Waals surface area contributed by atoms with Gasteiger partial charge in [0, 0.05) is 25.7 Å². The average molecular weight is 258 g/mol. The topological polar surface area (TPSA) is 50.8 Å². The minimum atomic E-state index is -0.218. The van der Waals surface area contributed by atoms with Crippen molar-refractivity contribution < 1.29 is 14.3 Å². The number of esters is 1. The summed E-state index contributed by atoms with van der Waals surface area (Å²) in [5, 5.41) is 3.34. The van der Waals surface area contributed by atoms with Crippen LogP contribution in [0.1, 0.15) is 26.7 Å². The monoisotopic (exact) mass is 258 g/mol. The second-order valence-electron chi connectivity index (χ2n) is 4.61. The van der Waals surface area contributed by atoms with Crippen LogP contribution in [0.3, 0.4) is 0 Å². The van der Waals surface area contributed by atoms with Gasteiger partial charge in [0.05, 0.1) is 13.7 Å². The lowest BCUT2D eigenvalue weighted by Gasteiger charge is -2.25. The number of rotatable bonds is 10. The molecule has 5 heteroatoms. The first-order valence-electron chi connectivity index (χ1n) is 6.85. The average Bonchev–Trinajstić information content (AvgIpc) is 3.19. The Balaban J connectivity index is 2.37. The second kappa shape index (κ2) is 8.45. The fourth-order valence-electron chi connectivity index (χ4n) is 1.85. The smallest absolute Gasteiger partial charge is 0.324 e. The Morgan fingerprint density at radius 3 is 2.67 bits per heavy atom. The Hall–Kier alpha value is -0.650. The van der Waals surface area contributed by atoms with E-state index in [1.807, 2.05) is 6.92 Å².